The molecule has 0 spiro atoms. The molecule has 2 heterocycles. The summed E-state index contributed by atoms with van der Waals surface area (Å²) in [6.45, 7) is -1.50. The normalized spacial score (nSPS) is 22.6. The van der Waals surface area contributed by atoms with Crippen molar-refractivity contribution in [3.63, 3.8) is 0 Å². The van der Waals surface area contributed by atoms with E-state index in [2.05, 4.69) is 0 Å². The van der Waals surface area contributed by atoms with E-state index in [-0.39, 0.29) is 40.0 Å². The van der Waals surface area contributed by atoms with Crippen LogP contribution in [0, 0.1) is 0 Å². The lowest BCUT2D eigenvalue weighted by Gasteiger charge is -2.48. The van der Waals surface area contributed by atoms with Gasteiger partial charge >= 0.3 is 35.8 Å². The zero-order valence-corrected chi connectivity index (χ0v) is 41.6. The summed E-state index contributed by atoms with van der Waals surface area (Å²) in [7, 11) is 0. The molecule has 78 heavy (non-hydrogen) atoms. The van der Waals surface area contributed by atoms with E-state index in [4.69, 9.17) is 47.4 Å². The van der Waals surface area contributed by atoms with Crippen molar-refractivity contribution < 1.29 is 81.2 Å². The third-order valence-electron chi connectivity index (χ3n) is 12.6. The number of aliphatic hydroxyl groups is 1. The van der Waals surface area contributed by atoms with Gasteiger partial charge in [-0.25, -0.2) is 28.8 Å². The fraction of sp³-hybridized carbons (Fsp3) is 0.213. The first-order chi connectivity index (χ1) is 38.1. The van der Waals surface area contributed by atoms with Crippen molar-refractivity contribution in [1.82, 2.24) is 0 Å². The van der Waals surface area contributed by atoms with E-state index in [1.807, 2.05) is 0 Å². The summed E-state index contributed by atoms with van der Waals surface area (Å²) < 4.78 is 62.9. The van der Waals surface area contributed by atoms with E-state index >= 15 is 0 Å². The van der Waals surface area contributed by atoms with Crippen molar-refractivity contribution in [3.8, 4) is 0 Å². The smallest absolute Gasteiger partial charge is 0.338 e. The molecule has 9 rings (SSSR count). The fourth-order valence-electron chi connectivity index (χ4n) is 8.65. The summed E-state index contributed by atoms with van der Waals surface area (Å²) in [6.07, 6.45) is -17.6. The number of carbonyl (C=O) groups excluding carboxylic acids is 6. The summed E-state index contributed by atoms with van der Waals surface area (Å²) in [5, 5.41) is 12.0. The molecule has 2 aliphatic rings. The molecule has 398 valence electrons. The number of ether oxygens (including phenoxy) is 10. The molecule has 7 aromatic rings. The second-order valence-corrected chi connectivity index (χ2v) is 17.8. The van der Waals surface area contributed by atoms with Crippen LogP contribution in [0.15, 0.2) is 212 Å². The van der Waals surface area contributed by atoms with Crippen molar-refractivity contribution in [1.29, 1.82) is 0 Å². The van der Waals surface area contributed by atoms with Gasteiger partial charge in [0, 0.05) is 0 Å². The molecule has 0 radical (unpaired) electrons. The Bertz CT molecular complexity index is 3080. The van der Waals surface area contributed by atoms with Gasteiger partial charge in [0.1, 0.15) is 37.6 Å². The highest BCUT2D eigenvalue weighted by molar-refractivity contribution is 5.92. The van der Waals surface area contributed by atoms with Crippen LogP contribution in [0.25, 0.3) is 0 Å². The number of hydrogen-bond donors (Lipinski definition) is 1. The number of rotatable bonds is 19. The Morgan fingerprint density at radius 1 is 0.346 bits per heavy atom. The molecule has 1 N–H and O–H groups in total. The lowest BCUT2D eigenvalue weighted by molar-refractivity contribution is -0.356. The number of benzene rings is 7. The topological polar surface area (TPSA) is 215 Å². The molecule has 0 bridgehead atoms. The Morgan fingerprint density at radius 3 is 1.04 bits per heavy atom. The number of aliphatic hydroxyl groups excluding tert-OH is 1. The minimum Gasteiger partial charge on any atom is -0.459 e. The van der Waals surface area contributed by atoms with Gasteiger partial charge in [-0.15, -0.1) is 0 Å². The largest absolute Gasteiger partial charge is 0.459 e. The Hall–Kier alpha value is -8.84. The van der Waals surface area contributed by atoms with E-state index in [1.54, 1.807) is 140 Å². The highest BCUT2D eigenvalue weighted by atomic mass is 16.8. The molecule has 0 saturated carbocycles. The molecular weight excluding hydrogens is 1000 g/mol. The SMILES string of the molecule is O=C(OC[C@H]1O[C@@H](O)[C@H](OC(=O)c2ccccc2)[C@@H](O[C@@H]2O[C@H](COC(=O)c3ccccc3)[C@@H](OC(=O)c3ccccc3)[C@H](OCc3ccccc3)[C@H]2OC(=O)c2ccccc2)[C@@H]1OC(=O)c1ccccc1)c1ccccc1. The average Bonchev–Trinajstić information content (AvgIpc) is 3.56. The summed E-state index contributed by atoms with van der Waals surface area (Å²) in [4.78, 5) is 84.2. The van der Waals surface area contributed by atoms with Gasteiger partial charge in [0.05, 0.1) is 40.0 Å². The van der Waals surface area contributed by atoms with E-state index in [1.165, 1.54) is 72.8 Å². The molecule has 7 aromatic carbocycles. The standard InChI is InChI=1S/C61H52O17/c62-54(40-24-10-2-11-25-40)70-37-46-49(75-57(65)43-30-16-5-17-31-43)51(52(60(68)72-46)76-58(66)44-32-18-6-19-33-44)78-61-53(77-59(67)45-34-20-7-21-35-45)50(69-36-39-22-8-1-9-23-39)48(74-56(64)42-28-14-4-15-29-42)47(73-61)38-71-55(63)41-26-12-3-13-27-41/h1-35,46-53,60-61,68H,36-38H2/t46-,47-,48-,49-,50+,51+,52-,53-,60-,61+/m1/s1. The number of esters is 6. The van der Waals surface area contributed by atoms with Crippen LogP contribution in [0.1, 0.15) is 67.7 Å². The monoisotopic (exact) mass is 1060 g/mol. The molecule has 17 nitrogen and oxygen atoms in total. The van der Waals surface area contributed by atoms with Crippen LogP contribution < -0.4 is 0 Å². The molecule has 0 amide bonds. The minimum atomic E-state index is -2.10. The summed E-state index contributed by atoms with van der Waals surface area (Å²) in [5.41, 5.74) is 1.26. The Balaban J connectivity index is 1.17. The first kappa shape index (κ1) is 54.0. The summed E-state index contributed by atoms with van der Waals surface area (Å²) in [5.74, 6) is -5.29. The van der Waals surface area contributed by atoms with Gasteiger partial charge < -0.3 is 52.5 Å². The average molecular weight is 1060 g/mol. The quantitative estimate of drug-likeness (QED) is 0.0599. The first-order valence-electron chi connectivity index (χ1n) is 24.9. The van der Waals surface area contributed by atoms with E-state index in [0.29, 0.717) is 5.56 Å². The van der Waals surface area contributed by atoms with Crippen LogP contribution in [-0.4, -0.2) is 116 Å². The van der Waals surface area contributed by atoms with Crippen LogP contribution in [0.4, 0.5) is 0 Å². The van der Waals surface area contributed by atoms with Crippen molar-refractivity contribution in [3.05, 3.63) is 251 Å². The van der Waals surface area contributed by atoms with Crippen LogP contribution in [0.5, 0.6) is 0 Å². The maximum Gasteiger partial charge on any atom is 0.338 e. The maximum atomic E-state index is 14.5. The molecular formula is C61H52O17. The minimum absolute atomic E-state index is 0.0431. The third kappa shape index (κ3) is 13.8. The predicted molar refractivity (Wildman–Crippen MR) is 275 cm³/mol. The molecule has 2 aliphatic heterocycles. The van der Waals surface area contributed by atoms with Crippen LogP contribution in [0.2, 0.25) is 0 Å². The molecule has 17 heteroatoms. The van der Waals surface area contributed by atoms with Gasteiger partial charge in [-0.05, 0) is 78.4 Å². The predicted octanol–water partition coefficient (Wildman–Crippen LogP) is 8.02. The molecule has 2 fully saturated rings. The summed E-state index contributed by atoms with van der Waals surface area (Å²) >= 11 is 0. The fourth-order valence-corrected chi connectivity index (χ4v) is 8.65. The maximum absolute atomic E-state index is 14.5. The molecule has 0 aromatic heterocycles. The molecule has 10 atom stereocenters. The van der Waals surface area contributed by atoms with Crippen molar-refractivity contribution in [2.75, 3.05) is 13.2 Å². The zero-order valence-electron chi connectivity index (χ0n) is 41.6. The Labute approximate surface area is 448 Å². The second kappa shape index (κ2) is 26.3. The van der Waals surface area contributed by atoms with Crippen LogP contribution in [0.3, 0.4) is 0 Å². The first-order valence-corrected chi connectivity index (χ1v) is 24.9. The van der Waals surface area contributed by atoms with E-state index in [9.17, 15) is 33.9 Å². The highest BCUT2D eigenvalue weighted by Gasteiger charge is 2.57. The molecule has 0 unspecified atom stereocenters. The van der Waals surface area contributed by atoms with E-state index in [0.717, 1.165) is 0 Å². The van der Waals surface area contributed by atoms with Crippen LogP contribution in [-0.2, 0) is 54.0 Å². The Morgan fingerprint density at radius 2 is 0.654 bits per heavy atom. The lowest BCUT2D eigenvalue weighted by atomic mass is 9.95. The lowest BCUT2D eigenvalue weighted by Crippen LogP contribution is -2.67. The van der Waals surface area contributed by atoms with Gasteiger partial charge in [-0.3, -0.25) is 0 Å². The van der Waals surface area contributed by atoms with Crippen molar-refractivity contribution in [2.45, 2.75) is 68.0 Å². The van der Waals surface area contributed by atoms with Gasteiger partial charge in [-0.2, -0.15) is 0 Å². The third-order valence-corrected chi connectivity index (χ3v) is 12.6. The van der Waals surface area contributed by atoms with Gasteiger partial charge in [0.2, 0.25) is 0 Å². The van der Waals surface area contributed by atoms with Crippen molar-refractivity contribution >= 4 is 35.8 Å². The zero-order chi connectivity index (χ0) is 54.2. The number of hydrogen-bond acceptors (Lipinski definition) is 17. The highest BCUT2D eigenvalue weighted by Crippen LogP contribution is 2.37. The van der Waals surface area contributed by atoms with Crippen molar-refractivity contribution in [2.24, 2.45) is 0 Å². The molecule has 2 saturated heterocycles. The van der Waals surface area contributed by atoms with Crippen LogP contribution >= 0.6 is 0 Å². The molecule has 0 aliphatic carbocycles. The van der Waals surface area contributed by atoms with E-state index < -0.39 is 110 Å². The second-order valence-electron chi connectivity index (χ2n) is 17.8. The van der Waals surface area contributed by atoms with Gasteiger partial charge in [0.25, 0.3) is 0 Å². The summed E-state index contributed by atoms with van der Waals surface area (Å²) in [6, 6.07) is 56.5. The van der Waals surface area contributed by atoms with Gasteiger partial charge in [0.15, 0.2) is 37.0 Å². The Kier molecular flexibility index (Phi) is 18.2. The van der Waals surface area contributed by atoms with Gasteiger partial charge in [-0.1, -0.05) is 140 Å². The number of carbonyl (C=O) groups is 6.